The molecule has 44 valence electrons. The van der Waals surface area contributed by atoms with E-state index in [0.29, 0.717) is 6.42 Å². The molecule has 0 saturated carbocycles. The van der Waals surface area contributed by atoms with E-state index in [9.17, 15) is 4.39 Å². The largest absolute Gasteiger partial charge is 0.251 e. The molecule has 0 radical (unpaired) electrons. The lowest BCUT2D eigenvalue weighted by atomic mass is 10.3. The molecular weight excluding hydrogens is 123 g/mol. The van der Waals surface area contributed by atoms with Gasteiger partial charge in [-0.15, -0.1) is 0 Å². The first-order chi connectivity index (χ1) is 3.93. The minimum absolute atomic E-state index is 0.239. The van der Waals surface area contributed by atoms with Crippen molar-refractivity contribution in [3.05, 3.63) is 22.4 Å². The van der Waals surface area contributed by atoms with Crippen LogP contribution in [-0.4, -0.2) is 6.67 Å². The highest BCUT2D eigenvalue weighted by Gasteiger charge is 1.88. The van der Waals surface area contributed by atoms with Crippen molar-refractivity contribution in [3.63, 3.8) is 0 Å². The zero-order valence-corrected chi connectivity index (χ0v) is 5.25. The van der Waals surface area contributed by atoms with E-state index in [0.717, 1.165) is 5.56 Å². The molecule has 1 rings (SSSR count). The Balaban J connectivity index is 2.50. The Bertz CT molecular complexity index is 134. The van der Waals surface area contributed by atoms with Crippen LogP contribution < -0.4 is 0 Å². The molecule has 0 bridgehead atoms. The molecule has 0 amide bonds. The third-order valence-corrected chi connectivity index (χ3v) is 1.70. The highest BCUT2D eigenvalue weighted by molar-refractivity contribution is 7.07. The number of thiophene rings is 1. The Morgan fingerprint density at radius 1 is 1.62 bits per heavy atom. The minimum atomic E-state index is -0.239. The highest BCUT2D eigenvalue weighted by Crippen LogP contribution is 2.05. The van der Waals surface area contributed by atoms with Crippen molar-refractivity contribution < 1.29 is 4.39 Å². The van der Waals surface area contributed by atoms with E-state index in [1.807, 2.05) is 16.8 Å². The topological polar surface area (TPSA) is 0 Å². The molecule has 0 aliphatic carbocycles. The normalized spacial score (nSPS) is 9.62. The summed E-state index contributed by atoms with van der Waals surface area (Å²) in [6.07, 6.45) is 0.573. The predicted octanol–water partition coefficient (Wildman–Crippen LogP) is 2.26. The van der Waals surface area contributed by atoms with E-state index < -0.39 is 0 Å². The fourth-order valence-corrected chi connectivity index (χ4v) is 1.25. The van der Waals surface area contributed by atoms with Gasteiger partial charge < -0.3 is 0 Å². The molecule has 0 N–H and O–H groups in total. The zero-order valence-electron chi connectivity index (χ0n) is 4.43. The Hall–Kier alpha value is -0.370. The number of alkyl halides is 1. The molecule has 0 aliphatic heterocycles. The smallest absolute Gasteiger partial charge is 0.0935 e. The molecule has 1 aromatic heterocycles. The average Bonchev–Trinajstić information content (AvgIpc) is 2.19. The number of halogens is 1. The highest BCUT2D eigenvalue weighted by atomic mass is 32.1. The lowest BCUT2D eigenvalue weighted by molar-refractivity contribution is 0.496. The summed E-state index contributed by atoms with van der Waals surface area (Å²) in [6, 6.07) is 1.95. The van der Waals surface area contributed by atoms with Crippen LogP contribution >= 0.6 is 11.3 Å². The van der Waals surface area contributed by atoms with Gasteiger partial charge >= 0.3 is 0 Å². The first kappa shape index (κ1) is 5.76. The predicted molar refractivity (Wildman–Crippen MR) is 34.0 cm³/mol. The van der Waals surface area contributed by atoms with Gasteiger partial charge in [-0.3, -0.25) is 4.39 Å². The van der Waals surface area contributed by atoms with Crippen LogP contribution in [0.3, 0.4) is 0 Å². The average molecular weight is 130 g/mol. The first-order valence-electron chi connectivity index (χ1n) is 2.50. The summed E-state index contributed by atoms with van der Waals surface area (Å²) in [4.78, 5) is 0. The third-order valence-electron chi connectivity index (χ3n) is 0.963. The molecule has 0 atom stereocenters. The fraction of sp³-hybridized carbons (Fsp3) is 0.333. The Morgan fingerprint density at radius 2 is 2.50 bits per heavy atom. The fourth-order valence-electron chi connectivity index (χ4n) is 0.544. The van der Waals surface area contributed by atoms with Crippen LogP contribution in [0.25, 0.3) is 0 Å². The summed E-state index contributed by atoms with van der Waals surface area (Å²) in [5.41, 5.74) is 1.11. The van der Waals surface area contributed by atoms with Gasteiger partial charge in [0, 0.05) is 6.42 Å². The van der Waals surface area contributed by atoms with Gasteiger partial charge in [-0.05, 0) is 22.4 Å². The van der Waals surface area contributed by atoms with Crippen molar-refractivity contribution in [2.24, 2.45) is 0 Å². The van der Waals surface area contributed by atoms with Gasteiger partial charge in [0.25, 0.3) is 0 Å². The van der Waals surface area contributed by atoms with E-state index in [1.165, 1.54) is 0 Å². The zero-order chi connectivity index (χ0) is 5.82. The van der Waals surface area contributed by atoms with Gasteiger partial charge in [-0.25, -0.2) is 0 Å². The molecule has 0 aromatic carbocycles. The van der Waals surface area contributed by atoms with E-state index in [2.05, 4.69) is 0 Å². The van der Waals surface area contributed by atoms with Crippen molar-refractivity contribution in [1.82, 2.24) is 0 Å². The van der Waals surface area contributed by atoms with Gasteiger partial charge in [0.2, 0.25) is 0 Å². The van der Waals surface area contributed by atoms with E-state index in [1.54, 1.807) is 11.3 Å². The van der Waals surface area contributed by atoms with Crippen LogP contribution in [0.4, 0.5) is 4.39 Å². The summed E-state index contributed by atoms with van der Waals surface area (Å²) in [5.74, 6) is 0. The van der Waals surface area contributed by atoms with Crippen LogP contribution in [0.15, 0.2) is 16.8 Å². The number of hydrogen-bond donors (Lipinski definition) is 0. The van der Waals surface area contributed by atoms with Crippen molar-refractivity contribution >= 4 is 11.3 Å². The maximum absolute atomic E-state index is 11.6. The molecule has 1 aromatic rings. The van der Waals surface area contributed by atoms with Crippen molar-refractivity contribution in [1.29, 1.82) is 0 Å². The summed E-state index contributed by atoms with van der Waals surface area (Å²) >= 11 is 1.61. The van der Waals surface area contributed by atoms with Gasteiger partial charge in [0.15, 0.2) is 0 Å². The van der Waals surface area contributed by atoms with Crippen LogP contribution in [0.1, 0.15) is 5.56 Å². The molecule has 0 aliphatic rings. The summed E-state index contributed by atoms with van der Waals surface area (Å²) in [7, 11) is 0. The van der Waals surface area contributed by atoms with Crippen LogP contribution in [-0.2, 0) is 6.42 Å². The lowest BCUT2D eigenvalue weighted by Crippen LogP contribution is -1.79. The number of aryl methyl sites for hydroxylation is 1. The summed E-state index contributed by atoms with van der Waals surface area (Å²) in [5, 5.41) is 3.94. The third kappa shape index (κ3) is 1.30. The van der Waals surface area contributed by atoms with Crippen LogP contribution in [0.2, 0.25) is 0 Å². The summed E-state index contributed by atoms with van der Waals surface area (Å²) in [6.45, 7) is -0.239. The van der Waals surface area contributed by atoms with E-state index in [4.69, 9.17) is 0 Å². The maximum Gasteiger partial charge on any atom is 0.0935 e. The van der Waals surface area contributed by atoms with Crippen LogP contribution in [0.5, 0.6) is 0 Å². The van der Waals surface area contributed by atoms with Gasteiger partial charge in [0.05, 0.1) is 6.67 Å². The van der Waals surface area contributed by atoms with Crippen molar-refractivity contribution in [2.75, 3.05) is 6.67 Å². The molecule has 0 unspecified atom stereocenters. The van der Waals surface area contributed by atoms with Gasteiger partial charge in [-0.2, -0.15) is 11.3 Å². The standard InChI is InChI=1S/C6H7FS/c7-3-1-6-2-4-8-5-6/h2,4-5H,1,3H2. The molecule has 1 heterocycles. The molecule has 0 spiro atoms. The second-order valence-electron chi connectivity index (χ2n) is 1.57. The molecule has 8 heavy (non-hydrogen) atoms. The maximum atomic E-state index is 11.6. The van der Waals surface area contributed by atoms with Gasteiger partial charge in [-0.1, -0.05) is 0 Å². The lowest BCUT2D eigenvalue weighted by Gasteiger charge is -1.83. The SMILES string of the molecule is FCCc1ccsc1. The van der Waals surface area contributed by atoms with Crippen LogP contribution in [0, 0.1) is 0 Å². The minimum Gasteiger partial charge on any atom is -0.251 e. The van der Waals surface area contributed by atoms with Crippen molar-refractivity contribution in [3.8, 4) is 0 Å². The monoisotopic (exact) mass is 130 g/mol. The van der Waals surface area contributed by atoms with Gasteiger partial charge in [0.1, 0.15) is 0 Å². The Kier molecular flexibility index (Phi) is 2.03. The second kappa shape index (κ2) is 2.82. The Morgan fingerprint density at radius 3 is 3.00 bits per heavy atom. The second-order valence-corrected chi connectivity index (χ2v) is 2.35. The number of rotatable bonds is 2. The molecule has 0 fully saturated rings. The molecular formula is C6H7FS. The summed E-state index contributed by atoms with van der Waals surface area (Å²) < 4.78 is 11.6. The van der Waals surface area contributed by atoms with E-state index >= 15 is 0 Å². The molecule has 0 nitrogen and oxygen atoms in total. The Labute approximate surface area is 52.0 Å². The molecule has 2 heteroatoms. The number of hydrogen-bond acceptors (Lipinski definition) is 1. The quantitative estimate of drug-likeness (QED) is 0.576. The van der Waals surface area contributed by atoms with E-state index in [-0.39, 0.29) is 6.67 Å². The molecule has 0 saturated heterocycles. The first-order valence-corrected chi connectivity index (χ1v) is 3.45. The van der Waals surface area contributed by atoms with Crippen molar-refractivity contribution in [2.45, 2.75) is 6.42 Å².